The number of nitrogens with zero attached hydrogens (tertiary/aromatic N) is 1. The maximum atomic E-state index is 14.0. The smallest absolute Gasteiger partial charge is 0.258 e. The number of halogens is 1. The molecule has 5 nitrogen and oxygen atoms in total. The Kier molecular flexibility index (Phi) is 4.49. The van der Waals surface area contributed by atoms with Crippen LogP contribution in [-0.2, 0) is 6.42 Å². The van der Waals surface area contributed by atoms with Crippen LogP contribution in [0.4, 0.5) is 15.9 Å². The van der Waals surface area contributed by atoms with Crippen molar-refractivity contribution in [3.8, 4) is 0 Å². The molecule has 6 heteroatoms. The number of hydrazine groups is 1. The van der Waals surface area contributed by atoms with Crippen molar-refractivity contribution in [1.29, 1.82) is 0 Å². The van der Waals surface area contributed by atoms with Crippen LogP contribution in [0.25, 0.3) is 0 Å². The summed E-state index contributed by atoms with van der Waals surface area (Å²) in [6.07, 6.45) is 2.09. The summed E-state index contributed by atoms with van der Waals surface area (Å²) in [5.41, 5.74) is 4.65. The van der Waals surface area contributed by atoms with Crippen molar-refractivity contribution >= 4 is 17.4 Å². The minimum Gasteiger partial charge on any atom is -0.321 e. The topological polar surface area (TPSA) is 80.0 Å². The fraction of sp³-hybridized carbons (Fsp3) is 0.200. The summed E-state index contributed by atoms with van der Waals surface area (Å²) in [7, 11) is 0. The second-order valence-corrected chi connectivity index (χ2v) is 4.58. The van der Waals surface area contributed by atoms with Gasteiger partial charge in [0, 0.05) is 11.9 Å². The van der Waals surface area contributed by atoms with Gasteiger partial charge in [-0.15, -0.1) is 0 Å². The molecule has 0 bridgehead atoms. The van der Waals surface area contributed by atoms with Crippen molar-refractivity contribution in [2.45, 2.75) is 20.3 Å². The summed E-state index contributed by atoms with van der Waals surface area (Å²) in [6, 6.07) is 7.06. The average molecular weight is 288 g/mol. The summed E-state index contributed by atoms with van der Waals surface area (Å²) >= 11 is 0. The van der Waals surface area contributed by atoms with Gasteiger partial charge in [0.25, 0.3) is 5.91 Å². The molecule has 0 saturated heterocycles. The predicted octanol–water partition coefficient (Wildman–Crippen LogP) is 2.63. The van der Waals surface area contributed by atoms with Crippen molar-refractivity contribution in [2.75, 3.05) is 10.7 Å². The van der Waals surface area contributed by atoms with E-state index < -0.39 is 11.7 Å². The molecule has 1 amide bonds. The average Bonchev–Trinajstić information content (AvgIpc) is 2.49. The van der Waals surface area contributed by atoms with Gasteiger partial charge in [0.05, 0.1) is 5.56 Å². The van der Waals surface area contributed by atoms with E-state index in [1.54, 1.807) is 0 Å². The lowest BCUT2D eigenvalue weighted by Gasteiger charge is -2.13. The van der Waals surface area contributed by atoms with Crippen LogP contribution < -0.4 is 16.6 Å². The second kappa shape index (κ2) is 6.32. The first-order valence-electron chi connectivity index (χ1n) is 6.59. The Morgan fingerprint density at radius 1 is 1.38 bits per heavy atom. The van der Waals surface area contributed by atoms with Gasteiger partial charge >= 0.3 is 0 Å². The van der Waals surface area contributed by atoms with E-state index in [0.29, 0.717) is 5.69 Å². The molecule has 110 valence electrons. The molecule has 1 heterocycles. The number of benzene rings is 1. The Morgan fingerprint density at radius 3 is 2.81 bits per heavy atom. The summed E-state index contributed by atoms with van der Waals surface area (Å²) < 4.78 is 14.0. The molecule has 0 spiro atoms. The molecule has 2 rings (SSSR count). The van der Waals surface area contributed by atoms with Crippen LogP contribution in [0.5, 0.6) is 0 Å². The second-order valence-electron chi connectivity index (χ2n) is 4.58. The van der Waals surface area contributed by atoms with Gasteiger partial charge in [-0.05, 0) is 30.5 Å². The van der Waals surface area contributed by atoms with Gasteiger partial charge in [0.2, 0.25) is 0 Å². The van der Waals surface area contributed by atoms with E-state index >= 15 is 0 Å². The molecule has 0 saturated carbocycles. The Morgan fingerprint density at radius 2 is 2.14 bits per heavy atom. The Hall–Kier alpha value is -2.47. The number of anilines is 2. The number of pyridine rings is 1. The van der Waals surface area contributed by atoms with E-state index in [1.165, 1.54) is 12.3 Å². The van der Waals surface area contributed by atoms with E-state index in [0.717, 1.165) is 17.5 Å². The highest BCUT2D eigenvalue weighted by molar-refractivity contribution is 6.05. The molecule has 0 aliphatic rings. The van der Waals surface area contributed by atoms with Crippen molar-refractivity contribution < 1.29 is 9.18 Å². The van der Waals surface area contributed by atoms with E-state index in [2.05, 4.69) is 15.7 Å². The molecule has 1 aromatic heterocycles. The SMILES string of the molecule is CCc1cccc(C)c1NC(=O)c1ccnc(NN)c1F. The van der Waals surface area contributed by atoms with Crippen LogP contribution in [0.15, 0.2) is 30.5 Å². The summed E-state index contributed by atoms with van der Waals surface area (Å²) in [6.45, 7) is 3.89. The van der Waals surface area contributed by atoms with Gasteiger partial charge in [-0.25, -0.2) is 15.2 Å². The zero-order valence-corrected chi connectivity index (χ0v) is 11.9. The number of carbonyl (C=O) groups is 1. The van der Waals surface area contributed by atoms with Crippen molar-refractivity contribution in [3.63, 3.8) is 0 Å². The highest BCUT2D eigenvalue weighted by Crippen LogP contribution is 2.23. The lowest BCUT2D eigenvalue weighted by molar-refractivity contribution is 0.102. The number of aromatic nitrogens is 1. The predicted molar refractivity (Wildman–Crippen MR) is 80.5 cm³/mol. The number of nitrogens with two attached hydrogens (primary N) is 1. The molecule has 0 aliphatic heterocycles. The largest absolute Gasteiger partial charge is 0.321 e. The normalized spacial score (nSPS) is 10.3. The fourth-order valence-electron chi connectivity index (χ4n) is 2.10. The number of hydrogen-bond acceptors (Lipinski definition) is 4. The molecule has 4 N–H and O–H groups in total. The number of hydrogen-bond donors (Lipinski definition) is 3. The Balaban J connectivity index is 2.35. The number of carbonyl (C=O) groups excluding carboxylic acids is 1. The van der Waals surface area contributed by atoms with E-state index in [-0.39, 0.29) is 11.4 Å². The van der Waals surface area contributed by atoms with Gasteiger partial charge in [0.1, 0.15) is 0 Å². The van der Waals surface area contributed by atoms with E-state index in [4.69, 9.17) is 5.84 Å². The maximum Gasteiger partial charge on any atom is 0.258 e. The monoisotopic (exact) mass is 288 g/mol. The van der Waals surface area contributed by atoms with Crippen LogP contribution >= 0.6 is 0 Å². The van der Waals surface area contributed by atoms with Crippen LogP contribution in [0.2, 0.25) is 0 Å². The molecule has 0 aliphatic carbocycles. The number of amides is 1. The Bertz CT molecular complexity index is 673. The van der Waals surface area contributed by atoms with E-state index in [9.17, 15) is 9.18 Å². The minimum absolute atomic E-state index is 0.108. The first-order valence-corrected chi connectivity index (χ1v) is 6.59. The third-order valence-electron chi connectivity index (χ3n) is 3.25. The molecule has 0 fully saturated rings. The third kappa shape index (κ3) is 3.00. The molecular formula is C15H17FN4O. The van der Waals surface area contributed by atoms with Crippen molar-refractivity contribution in [1.82, 2.24) is 4.98 Å². The maximum absolute atomic E-state index is 14.0. The molecule has 1 aromatic carbocycles. The van der Waals surface area contributed by atoms with Crippen LogP contribution in [0, 0.1) is 12.7 Å². The van der Waals surface area contributed by atoms with Gasteiger partial charge in [-0.2, -0.15) is 0 Å². The highest BCUT2D eigenvalue weighted by atomic mass is 19.1. The molecule has 2 aromatic rings. The quantitative estimate of drug-likeness (QED) is 0.597. The third-order valence-corrected chi connectivity index (χ3v) is 3.25. The fourth-order valence-corrected chi connectivity index (χ4v) is 2.10. The minimum atomic E-state index is -0.774. The summed E-state index contributed by atoms with van der Waals surface area (Å²) in [4.78, 5) is 16.0. The summed E-state index contributed by atoms with van der Waals surface area (Å²) in [5, 5.41) is 2.76. The van der Waals surface area contributed by atoms with Gasteiger partial charge in [0.15, 0.2) is 11.6 Å². The number of nitrogen functional groups attached to an aromatic ring is 1. The first-order chi connectivity index (χ1) is 10.1. The molecule has 0 radical (unpaired) electrons. The first kappa shape index (κ1) is 14.9. The van der Waals surface area contributed by atoms with E-state index in [1.807, 2.05) is 32.0 Å². The van der Waals surface area contributed by atoms with Crippen LogP contribution in [0.1, 0.15) is 28.4 Å². The lowest BCUT2D eigenvalue weighted by atomic mass is 10.1. The van der Waals surface area contributed by atoms with Crippen LogP contribution in [-0.4, -0.2) is 10.9 Å². The highest BCUT2D eigenvalue weighted by Gasteiger charge is 2.17. The number of nitrogens with one attached hydrogen (secondary N) is 2. The van der Waals surface area contributed by atoms with Crippen molar-refractivity contribution in [3.05, 3.63) is 53.0 Å². The van der Waals surface area contributed by atoms with Gasteiger partial charge in [-0.1, -0.05) is 25.1 Å². The number of para-hydroxylation sites is 1. The molecular weight excluding hydrogens is 271 g/mol. The molecule has 21 heavy (non-hydrogen) atoms. The zero-order valence-electron chi connectivity index (χ0n) is 11.9. The Labute approximate surface area is 122 Å². The van der Waals surface area contributed by atoms with Crippen LogP contribution in [0.3, 0.4) is 0 Å². The number of aryl methyl sites for hydroxylation is 2. The number of rotatable bonds is 4. The van der Waals surface area contributed by atoms with Gasteiger partial charge in [-0.3, -0.25) is 4.79 Å². The van der Waals surface area contributed by atoms with Gasteiger partial charge < -0.3 is 10.7 Å². The lowest BCUT2D eigenvalue weighted by Crippen LogP contribution is -2.18. The zero-order chi connectivity index (χ0) is 15.4. The molecule has 0 atom stereocenters. The standard InChI is InChI=1S/C15H17FN4O/c1-3-10-6-4-5-9(2)13(10)19-15(21)11-7-8-18-14(20-17)12(11)16/h4-8H,3,17H2,1-2H3,(H,18,20)(H,19,21). The summed E-state index contributed by atoms with van der Waals surface area (Å²) in [5.74, 6) is 3.69. The van der Waals surface area contributed by atoms with Crippen molar-refractivity contribution in [2.24, 2.45) is 5.84 Å². The molecule has 0 unspecified atom stereocenters.